The van der Waals surface area contributed by atoms with E-state index in [2.05, 4.69) is 84.1 Å². The van der Waals surface area contributed by atoms with Crippen molar-refractivity contribution >= 4 is 30.7 Å². The molecule has 141 valence electrons. The predicted molar refractivity (Wildman–Crippen MR) is 121 cm³/mol. The standard InChI is InChI=1S/C23H25N3S.B/c1-26(2)13-12-19-15-24-22-11-9-18(14-21(19)22)23-25-20(16-27-23)10-8-17-6-4-3-5-7-17;/h3-7,9,11,14-16,24H,8,10,12-13H2,1-2H3;. The Morgan fingerprint density at radius 1 is 1.00 bits per heavy atom. The van der Waals surface area contributed by atoms with E-state index < -0.39 is 0 Å². The number of nitrogens with zero attached hydrogens (tertiary/aromatic N) is 2. The molecule has 28 heavy (non-hydrogen) atoms. The Kier molecular flexibility index (Phi) is 6.71. The van der Waals surface area contributed by atoms with Gasteiger partial charge in [-0.3, -0.25) is 0 Å². The van der Waals surface area contributed by atoms with Gasteiger partial charge in [0.25, 0.3) is 0 Å². The Balaban J connectivity index is 0.00000225. The molecule has 2 heterocycles. The van der Waals surface area contributed by atoms with Gasteiger partial charge < -0.3 is 9.88 Å². The second-order valence-corrected chi connectivity index (χ2v) is 8.12. The largest absolute Gasteiger partial charge is 0.361 e. The molecule has 0 saturated carbocycles. The van der Waals surface area contributed by atoms with Crippen LogP contribution in [0.25, 0.3) is 21.5 Å². The molecule has 0 atom stereocenters. The highest BCUT2D eigenvalue weighted by atomic mass is 32.1. The molecule has 3 radical (unpaired) electrons. The molecule has 1 N–H and O–H groups in total. The van der Waals surface area contributed by atoms with Gasteiger partial charge in [0.15, 0.2) is 0 Å². The SMILES string of the molecule is CN(C)CCc1c[nH]c2ccc(-c3nc(CCc4ccccc4)cs3)cc12.[B]. The van der Waals surface area contributed by atoms with Gasteiger partial charge in [-0.2, -0.15) is 0 Å². The maximum absolute atomic E-state index is 4.89. The van der Waals surface area contributed by atoms with Crippen LogP contribution in [0.1, 0.15) is 16.8 Å². The van der Waals surface area contributed by atoms with E-state index in [1.165, 1.54) is 33.3 Å². The first-order valence-electron chi connectivity index (χ1n) is 9.42. The number of likely N-dealkylation sites (N-methyl/N-ethyl adjacent to an activating group) is 1. The van der Waals surface area contributed by atoms with E-state index >= 15 is 0 Å². The highest BCUT2D eigenvalue weighted by Gasteiger charge is 2.09. The van der Waals surface area contributed by atoms with E-state index in [1.54, 1.807) is 11.3 Å². The molecule has 2 aromatic heterocycles. The molecular formula is C23H25BN3S. The van der Waals surface area contributed by atoms with Crippen LogP contribution in [-0.2, 0) is 19.3 Å². The summed E-state index contributed by atoms with van der Waals surface area (Å²) in [4.78, 5) is 10.5. The topological polar surface area (TPSA) is 31.9 Å². The van der Waals surface area contributed by atoms with Crippen molar-refractivity contribution < 1.29 is 0 Å². The van der Waals surface area contributed by atoms with Crippen molar-refractivity contribution in [3.05, 3.63) is 76.9 Å². The Morgan fingerprint density at radius 3 is 2.61 bits per heavy atom. The van der Waals surface area contributed by atoms with Crippen LogP contribution in [0.2, 0.25) is 0 Å². The number of aromatic nitrogens is 2. The van der Waals surface area contributed by atoms with E-state index in [0.717, 1.165) is 30.8 Å². The normalized spacial score (nSPS) is 11.1. The van der Waals surface area contributed by atoms with Crippen molar-refractivity contribution in [1.29, 1.82) is 0 Å². The van der Waals surface area contributed by atoms with Crippen molar-refractivity contribution in [3.8, 4) is 10.6 Å². The quantitative estimate of drug-likeness (QED) is 0.463. The van der Waals surface area contributed by atoms with Crippen LogP contribution in [0.3, 0.4) is 0 Å². The van der Waals surface area contributed by atoms with E-state index in [1.807, 2.05) is 0 Å². The van der Waals surface area contributed by atoms with Crippen molar-refractivity contribution in [2.24, 2.45) is 0 Å². The zero-order chi connectivity index (χ0) is 18.6. The van der Waals surface area contributed by atoms with Crippen LogP contribution in [0.5, 0.6) is 0 Å². The number of fused-ring (bicyclic) bond motifs is 1. The average Bonchev–Trinajstić information content (AvgIpc) is 3.32. The van der Waals surface area contributed by atoms with E-state index in [4.69, 9.17) is 4.98 Å². The Hall–Kier alpha value is -2.37. The second-order valence-electron chi connectivity index (χ2n) is 7.26. The molecule has 0 spiro atoms. The minimum absolute atomic E-state index is 0. The van der Waals surface area contributed by atoms with E-state index in [9.17, 15) is 0 Å². The lowest BCUT2D eigenvalue weighted by Crippen LogP contribution is -2.14. The summed E-state index contributed by atoms with van der Waals surface area (Å²) in [6, 6.07) is 17.3. The molecule has 4 aromatic rings. The minimum Gasteiger partial charge on any atom is -0.361 e. The highest BCUT2D eigenvalue weighted by Crippen LogP contribution is 2.29. The number of benzene rings is 2. The van der Waals surface area contributed by atoms with E-state index in [0.29, 0.717) is 0 Å². The molecule has 5 heteroatoms. The van der Waals surface area contributed by atoms with E-state index in [-0.39, 0.29) is 8.41 Å². The van der Waals surface area contributed by atoms with Gasteiger partial charge in [0, 0.05) is 43.0 Å². The first-order chi connectivity index (χ1) is 13.2. The Labute approximate surface area is 173 Å². The lowest BCUT2D eigenvalue weighted by molar-refractivity contribution is 0.414. The fourth-order valence-electron chi connectivity index (χ4n) is 3.33. The Morgan fingerprint density at radius 2 is 1.82 bits per heavy atom. The monoisotopic (exact) mass is 386 g/mol. The van der Waals surface area contributed by atoms with Crippen LogP contribution < -0.4 is 0 Å². The molecule has 0 amide bonds. The van der Waals surface area contributed by atoms with Gasteiger partial charge in [-0.05, 0) is 62.7 Å². The summed E-state index contributed by atoms with van der Waals surface area (Å²) < 4.78 is 0. The second kappa shape index (κ2) is 9.22. The number of nitrogens with one attached hydrogen (secondary N) is 1. The van der Waals surface area contributed by atoms with Crippen molar-refractivity contribution in [1.82, 2.24) is 14.9 Å². The molecule has 0 aliphatic rings. The molecule has 0 aliphatic heterocycles. The van der Waals surface area contributed by atoms with Crippen molar-refractivity contribution in [3.63, 3.8) is 0 Å². The summed E-state index contributed by atoms with van der Waals surface area (Å²) in [7, 11) is 4.24. The van der Waals surface area contributed by atoms with Gasteiger partial charge >= 0.3 is 0 Å². The fourth-order valence-corrected chi connectivity index (χ4v) is 4.19. The summed E-state index contributed by atoms with van der Waals surface area (Å²) in [6.07, 6.45) is 5.22. The van der Waals surface area contributed by atoms with Crippen LogP contribution in [0.15, 0.2) is 60.1 Å². The number of thiazole rings is 1. The van der Waals surface area contributed by atoms with Crippen LogP contribution in [-0.4, -0.2) is 43.9 Å². The average molecular weight is 386 g/mol. The molecule has 4 rings (SSSR count). The van der Waals surface area contributed by atoms with Gasteiger partial charge in [0.1, 0.15) is 5.01 Å². The number of hydrogen-bond acceptors (Lipinski definition) is 3. The molecular weight excluding hydrogens is 361 g/mol. The molecule has 2 aromatic carbocycles. The zero-order valence-corrected chi connectivity index (χ0v) is 17.3. The smallest absolute Gasteiger partial charge is 0.123 e. The maximum atomic E-state index is 4.89. The third-order valence-corrected chi connectivity index (χ3v) is 5.85. The molecule has 0 fully saturated rings. The van der Waals surface area contributed by atoms with Crippen LogP contribution >= 0.6 is 11.3 Å². The lowest BCUT2D eigenvalue weighted by atomic mass is 10.1. The lowest BCUT2D eigenvalue weighted by Gasteiger charge is -2.08. The predicted octanol–water partition coefficient (Wildman–Crippen LogP) is 4.80. The number of rotatable bonds is 7. The fraction of sp³-hybridized carbons (Fsp3) is 0.261. The summed E-state index contributed by atoms with van der Waals surface area (Å²) in [5.74, 6) is 0. The third kappa shape index (κ3) is 4.72. The summed E-state index contributed by atoms with van der Waals surface area (Å²) in [6.45, 7) is 1.05. The van der Waals surface area contributed by atoms with Crippen molar-refractivity contribution in [2.75, 3.05) is 20.6 Å². The van der Waals surface area contributed by atoms with Gasteiger partial charge in [-0.1, -0.05) is 30.3 Å². The summed E-state index contributed by atoms with van der Waals surface area (Å²) in [5.41, 5.74) is 6.34. The Bertz CT molecular complexity index is 1020. The first kappa shape index (κ1) is 20.4. The van der Waals surface area contributed by atoms with Gasteiger partial charge in [0.2, 0.25) is 0 Å². The number of aromatic amines is 1. The van der Waals surface area contributed by atoms with Crippen molar-refractivity contribution in [2.45, 2.75) is 19.3 Å². The number of hydrogen-bond donors (Lipinski definition) is 1. The van der Waals surface area contributed by atoms with Crippen LogP contribution in [0.4, 0.5) is 0 Å². The number of aryl methyl sites for hydroxylation is 2. The zero-order valence-electron chi connectivity index (χ0n) is 16.5. The summed E-state index contributed by atoms with van der Waals surface area (Å²) in [5, 5.41) is 4.63. The highest BCUT2D eigenvalue weighted by molar-refractivity contribution is 7.13. The third-order valence-electron chi connectivity index (χ3n) is 4.91. The summed E-state index contributed by atoms with van der Waals surface area (Å²) >= 11 is 1.74. The first-order valence-corrected chi connectivity index (χ1v) is 10.3. The molecule has 3 nitrogen and oxygen atoms in total. The molecule has 0 saturated heterocycles. The van der Waals surface area contributed by atoms with Gasteiger partial charge in [-0.15, -0.1) is 11.3 Å². The maximum Gasteiger partial charge on any atom is 0.123 e. The van der Waals surface area contributed by atoms with Gasteiger partial charge in [0.05, 0.1) is 5.69 Å². The van der Waals surface area contributed by atoms with Gasteiger partial charge in [-0.25, -0.2) is 4.98 Å². The molecule has 0 unspecified atom stereocenters. The molecule has 0 aliphatic carbocycles. The molecule has 0 bridgehead atoms. The van der Waals surface area contributed by atoms with Crippen LogP contribution in [0, 0.1) is 0 Å². The minimum atomic E-state index is 0. The number of H-pyrrole nitrogens is 1.